The second-order valence-corrected chi connectivity index (χ2v) is 2.61. The van der Waals surface area contributed by atoms with E-state index < -0.39 is 0 Å². The molecule has 6 nitrogen and oxygen atoms in total. The Hall–Kier alpha value is -2.20. The van der Waals surface area contributed by atoms with Crippen LogP contribution in [0.2, 0.25) is 0 Å². The van der Waals surface area contributed by atoms with Crippen LogP contribution in [0.15, 0.2) is 29.5 Å². The van der Waals surface area contributed by atoms with E-state index in [2.05, 4.69) is 15.1 Å². The van der Waals surface area contributed by atoms with Gasteiger partial charge in [-0.2, -0.15) is 0 Å². The Balaban J connectivity index is 2.72. The maximum atomic E-state index is 8.34. The predicted molar refractivity (Wildman–Crippen MR) is 51.0 cm³/mol. The van der Waals surface area contributed by atoms with Crippen molar-refractivity contribution in [3.05, 3.63) is 34.8 Å². The Bertz CT molecular complexity index is 511. The van der Waals surface area contributed by atoms with Gasteiger partial charge < -0.3 is 4.84 Å². The van der Waals surface area contributed by atoms with Gasteiger partial charge in [-0.1, -0.05) is 17.2 Å². The zero-order valence-electron chi connectivity index (χ0n) is 7.45. The third-order valence-electron chi connectivity index (χ3n) is 1.85. The second-order valence-electron chi connectivity index (χ2n) is 2.61. The second kappa shape index (κ2) is 3.27. The number of fused-ring (bicyclic) bond motifs is 1. The fourth-order valence-electron chi connectivity index (χ4n) is 1.24. The van der Waals surface area contributed by atoms with E-state index in [0.717, 1.165) is 10.9 Å². The molecule has 0 fully saturated rings. The van der Waals surface area contributed by atoms with Crippen molar-refractivity contribution in [3.8, 4) is 0 Å². The fraction of sp³-hybridized carbons (Fsp3) is 0.125. The number of benzene rings is 1. The normalized spacial score (nSPS) is 9.79. The third-order valence-corrected chi connectivity index (χ3v) is 1.85. The number of hydrogen-bond acceptors (Lipinski definition) is 3. The third kappa shape index (κ3) is 1.23. The predicted octanol–water partition coefficient (Wildman–Crippen LogP) is 2.04. The van der Waals surface area contributed by atoms with E-state index in [1.807, 2.05) is 6.07 Å². The van der Waals surface area contributed by atoms with E-state index in [1.54, 1.807) is 18.3 Å². The topological polar surface area (TPSA) is 75.8 Å². The summed E-state index contributed by atoms with van der Waals surface area (Å²) in [7, 11) is 1.51. The van der Waals surface area contributed by atoms with Gasteiger partial charge in [0.15, 0.2) is 0 Å². The quantitative estimate of drug-likeness (QED) is 0.411. The first-order valence-corrected chi connectivity index (χ1v) is 3.93. The molecule has 0 spiro atoms. The molecule has 0 unspecified atom stereocenters. The van der Waals surface area contributed by atoms with Crippen molar-refractivity contribution in [2.24, 2.45) is 5.11 Å². The molecule has 0 N–H and O–H groups in total. The molecule has 1 heterocycles. The van der Waals surface area contributed by atoms with Crippen molar-refractivity contribution in [1.82, 2.24) is 9.94 Å². The Kier molecular flexibility index (Phi) is 1.96. The molecule has 2 rings (SSSR count). The Morgan fingerprint density at radius 2 is 2.43 bits per heavy atom. The van der Waals surface area contributed by atoms with Crippen molar-refractivity contribution >= 4 is 16.6 Å². The molecule has 70 valence electrons. The minimum atomic E-state index is 0.549. The molecule has 0 amide bonds. The Morgan fingerprint density at radius 1 is 1.57 bits per heavy atom. The summed E-state index contributed by atoms with van der Waals surface area (Å²) in [5, 5.41) is 8.41. The molecule has 0 aliphatic rings. The van der Waals surface area contributed by atoms with E-state index in [9.17, 15) is 0 Å². The largest absolute Gasteiger partial charge is 0.400 e. The highest BCUT2D eigenvalue weighted by molar-refractivity contribution is 5.89. The zero-order valence-corrected chi connectivity index (χ0v) is 7.45. The minimum absolute atomic E-state index is 0.549. The highest BCUT2D eigenvalue weighted by Crippen LogP contribution is 2.24. The maximum absolute atomic E-state index is 8.34. The van der Waals surface area contributed by atoms with Gasteiger partial charge in [0, 0.05) is 16.0 Å². The first kappa shape index (κ1) is 8.40. The lowest BCUT2D eigenvalue weighted by Crippen LogP contribution is -2.04. The smallest absolute Gasteiger partial charge is 0.106 e. The van der Waals surface area contributed by atoms with Gasteiger partial charge in [0.05, 0.1) is 11.7 Å². The van der Waals surface area contributed by atoms with Crippen LogP contribution in [0.5, 0.6) is 0 Å². The monoisotopic (exact) mass is 189 g/mol. The standard InChI is InChI=1S/C8H7N5O/c1-14-13-5-6-7(10-12-9)3-2-4-8(6)11-13/h2-5H,1H3. The molecule has 0 saturated heterocycles. The van der Waals surface area contributed by atoms with Crippen LogP contribution in [-0.2, 0) is 0 Å². The van der Waals surface area contributed by atoms with E-state index >= 15 is 0 Å². The number of aromatic nitrogens is 2. The van der Waals surface area contributed by atoms with Crippen LogP contribution in [0.4, 0.5) is 5.69 Å². The molecule has 14 heavy (non-hydrogen) atoms. The highest BCUT2D eigenvalue weighted by Gasteiger charge is 2.03. The summed E-state index contributed by atoms with van der Waals surface area (Å²) in [6, 6.07) is 5.32. The lowest BCUT2D eigenvalue weighted by atomic mass is 10.2. The van der Waals surface area contributed by atoms with Crippen LogP contribution in [-0.4, -0.2) is 17.1 Å². The fourth-order valence-corrected chi connectivity index (χ4v) is 1.24. The summed E-state index contributed by atoms with van der Waals surface area (Å²) in [5.74, 6) is 0. The van der Waals surface area contributed by atoms with Crippen LogP contribution < -0.4 is 4.84 Å². The molecule has 2 aromatic rings. The molecule has 0 aliphatic carbocycles. The first-order chi connectivity index (χ1) is 6.85. The molecule has 0 saturated carbocycles. The first-order valence-electron chi connectivity index (χ1n) is 3.93. The molecule has 1 aromatic heterocycles. The summed E-state index contributed by atoms with van der Waals surface area (Å²) in [6.07, 6.45) is 1.67. The molecule has 0 aliphatic heterocycles. The van der Waals surface area contributed by atoms with Gasteiger partial charge >= 0.3 is 0 Å². The summed E-state index contributed by atoms with van der Waals surface area (Å²) < 4.78 is 0. The molecule has 0 atom stereocenters. The highest BCUT2D eigenvalue weighted by atomic mass is 16.7. The van der Waals surface area contributed by atoms with E-state index in [0.29, 0.717) is 5.69 Å². The van der Waals surface area contributed by atoms with Crippen molar-refractivity contribution in [1.29, 1.82) is 0 Å². The number of hydrogen-bond donors (Lipinski definition) is 0. The van der Waals surface area contributed by atoms with Crippen LogP contribution in [0.3, 0.4) is 0 Å². The zero-order chi connectivity index (χ0) is 9.97. The molecule has 0 bridgehead atoms. The van der Waals surface area contributed by atoms with Crippen LogP contribution in [0.1, 0.15) is 0 Å². The van der Waals surface area contributed by atoms with Gasteiger partial charge in [0.25, 0.3) is 0 Å². The van der Waals surface area contributed by atoms with E-state index in [-0.39, 0.29) is 0 Å². The van der Waals surface area contributed by atoms with Crippen LogP contribution in [0.25, 0.3) is 21.3 Å². The van der Waals surface area contributed by atoms with Crippen LogP contribution in [0, 0.1) is 0 Å². The van der Waals surface area contributed by atoms with Gasteiger partial charge in [0.2, 0.25) is 0 Å². The number of rotatable bonds is 2. The summed E-state index contributed by atoms with van der Waals surface area (Å²) in [5.41, 5.74) is 9.63. The average Bonchev–Trinajstić information content (AvgIpc) is 2.62. The minimum Gasteiger partial charge on any atom is -0.400 e. The van der Waals surface area contributed by atoms with Gasteiger partial charge in [0.1, 0.15) is 7.11 Å². The lowest BCUT2D eigenvalue weighted by molar-refractivity contribution is 0.136. The van der Waals surface area contributed by atoms with Gasteiger partial charge in [-0.25, -0.2) is 0 Å². The van der Waals surface area contributed by atoms with Crippen molar-refractivity contribution in [3.63, 3.8) is 0 Å². The summed E-state index contributed by atoms with van der Waals surface area (Å²) >= 11 is 0. The SMILES string of the molecule is COn1cc2c(N=[N+]=[N-])cccc2n1. The summed E-state index contributed by atoms with van der Waals surface area (Å²) in [4.78, 5) is 8.96. The number of azide groups is 1. The Labute approximate surface area is 79.3 Å². The van der Waals surface area contributed by atoms with Crippen molar-refractivity contribution in [2.45, 2.75) is 0 Å². The van der Waals surface area contributed by atoms with Gasteiger partial charge in [-0.05, 0) is 11.6 Å². The van der Waals surface area contributed by atoms with E-state index in [4.69, 9.17) is 10.4 Å². The molecule has 6 heteroatoms. The summed E-state index contributed by atoms with van der Waals surface area (Å²) in [6.45, 7) is 0. The average molecular weight is 189 g/mol. The van der Waals surface area contributed by atoms with Crippen LogP contribution >= 0.6 is 0 Å². The number of nitrogens with zero attached hydrogens (tertiary/aromatic N) is 5. The van der Waals surface area contributed by atoms with Crippen molar-refractivity contribution < 1.29 is 4.84 Å². The molecule has 1 aromatic carbocycles. The Morgan fingerprint density at radius 3 is 3.14 bits per heavy atom. The lowest BCUT2D eigenvalue weighted by Gasteiger charge is -1.92. The van der Waals surface area contributed by atoms with Gasteiger partial charge in [-0.3, -0.25) is 0 Å². The molecular formula is C8H7N5O. The van der Waals surface area contributed by atoms with Gasteiger partial charge in [-0.15, -0.1) is 9.94 Å². The molecular weight excluding hydrogens is 182 g/mol. The van der Waals surface area contributed by atoms with E-state index in [1.165, 1.54) is 12.0 Å². The van der Waals surface area contributed by atoms with Crippen molar-refractivity contribution in [2.75, 3.05) is 7.11 Å². The molecule has 0 radical (unpaired) electrons. The maximum Gasteiger partial charge on any atom is 0.106 e.